The molecule has 0 aromatic heterocycles. The van der Waals surface area contributed by atoms with E-state index in [4.69, 9.17) is 0 Å². The Morgan fingerprint density at radius 2 is 0.714 bits per heavy atom. The van der Waals surface area contributed by atoms with Crippen LogP contribution in [-0.4, -0.2) is 0 Å². The van der Waals surface area contributed by atoms with Gasteiger partial charge in [-0.2, -0.15) is 27.0 Å². The largest absolute Gasteiger partial charge is 0.197 e. The van der Waals surface area contributed by atoms with E-state index in [1.807, 2.05) is 0 Å². The molecule has 0 heterocycles. The van der Waals surface area contributed by atoms with Crippen molar-refractivity contribution in [3.63, 3.8) is 0 Å². The summed E-state index contributed by atoms with van der Waals surface area (Å²) < 4.78 is 0. The molecule has 3 radical (unpaired) electrons. The summed E-state index contributed by atoms with van der Waals surface area (Å²) >= 11 is 0. The fourth-order valence-electron chi connectivity index (χ4n) is 0. The molecule has 0 nitrogen and oxygen atoms in total. The third kappa shape index (κ3) is 47.2. The summed E-state index contributed by atoms with van der Waals surface area (Å²) in [6.07, 6.45) is 0. The van der Waals surface area contributed by atoms with Crippen molar-refractivity contribution in [1.82, 2.24) is 0 Å². The Morgan fingerprint density at radius 3 is 0.714 bits per heavy atom. The minimum atomic E-state index is 0. The topological polar surface area (TPSA) is 0 Å². The molecule has 47 valence electrons. The second-order valence-electron chi connectivity index (χ2n) is 0. The number of hydrogen-bond acceptors (Lipinski definition) is 0. The maximum absolute atomic E-state index is 0. The summed E-state index contributed by atoms with van der Waals surface area (Å²) in [6.45, 7) is 0. The first kappa shape index (κ1) is 85.9. The Bertz CT molecular complexity index is 17.2. The van der Waals surface area contributed by atoms with Crippen LogP contribution in [0.2, 0.25) is 0 Å². The summed E-state index contributed by atoms with van der Waals surface area (Å²) in [5, 5.41) is 0. The maximum Gasteiger partial charge on any atom is 0 e. The SMILES string of the molecule is C.S.S.[HH].[V].[V].[V].[W]. The molecule has 0 amide bonds. The Kier molecular flexibility index (Phi) is 753. The molecule has 0 aromatic carbocycles. The molecule has 0 saturated heterocycles. The molecule has 6 heteroatoms. The molecule has 0 aliphatic carbocycles. The first-order valence-corrected chi connectivity index (χ1v) is 0. The van der Waals surface area contributed by atoms with E-state index in [2.05, 4.69) is 0 Å². The van der Waals surface area contributed by atoms with Gasteiger partial charge in [0, 0.05) is 78.2 Å². The van der Waals surface area contributed by atoms with Gasteiger partial charge in [0.25, 0.3) is 0 Å². The van der Waals surface area contributed by atoms with Crippen molar-refractivity contribution in [2.24, 2.45) is 0 Å². The maximum atomic E-state index is 0. The van der Waals surface area contributed by atoms with Crippen LogP contribution in [0.25, 0.3) is 0 Å². The van der Waals surface area contributed by atoms with Crippen LogP contribution in [0, 0.1) is 0 Å². The van der Waals surface area contributed by atoms with Crippen LogP contribution in [0.15, 0.2) is 0 Å². The molecule has 0 bridgehead atoms. The van der Waals surface area contributed by atoms with E-state index in [1.165, 1.54) is 0 Å². The summed E-state index contributed by atoms with van der Waals surface area (Å²) in [4.78, 5) is 0. The molecule has 0 aliphatic heterocycles. The summed E-state index contributed by atoms with van der Waals surface area (Å²) in [5.41, 5.74) is 0. The molecule has 0 aliphatic rings. The van der Waals surface area contributed by atoms with Gasteiger partial charge in [0.05, 0.1) is 0 Å². The molecule has 0 unspecified atom stereocenters. The zero-order valence-corrected chi connectivity index (χ0v) is 11.9. The van der Waals surface area contributed by atoms with Gasteiger partial charge >= 0.3 is 0 Å². The van der Waals surface area contributed by atoms with Crippen molar-refractivity contribution < 1.29 is 78.2 Å². The van der Waals surface area contributed by atoms with Crippen LogP contribution in [0.4, 0.5) is 0 Å². The van der Waals surface area contributed by atoms with Gasteiger partial charge in [-0.15, -0.1) is 0 Å². The standard InChI is InChI=1S/CH4.2H2S.3V.W.H2/h1H4;2*1H2;;;;;1H. The minimum Gasteiger partial charge on any atom is -0.197 e. The fraction of sp³-hybridized carbons (Fsp3) is 1.00. The van der Waals surface area contributed by atoms with Gasteiger partial charge < -0.3 is 0 Å². The summed E-state index contributed by atoms with van der Waals surface area (Å²) in [5.74, 6) is 0. The van der Waals surface area contributed by atoms with Crippen LogP contribution in [0.1, 0.15) is 8.85 Å². The first-order valence-electron chi connectivity index (χ1n) is 0. The van der Waals surface area contributed by atoms with Crippen molar-refractivity contribution >= 4 is 27.0 Å². The van der Waals surface area contributed by atoms with E-state index in [-0.39, 0.29) is 113 Å². The van der Waals surface area contributed by atoms with Gasteiger partial charge in [0.1, 0.15) is 0 Å². The van der Waals surface area contributed by atoms with Gasteiger partial charge in [0.2, 0.25) is 0 Å². The van der Waals surface area contributed by atoms with Crippen molar-refractivity contribution in [1.29, 1.82) is 0 Å². The predicted octanol–water partition coefficient (Wildman–Crippen LogP) is 1.10. The van der Waals surface area contributed by atoms with Crippen molar-refractivity contribution in [2.45, 2.75) is 7.43 Å². The molecule has 7 heavy (non-hydrogen) atoms. The summed E-state index contributed by atoms with van der Waals surface area (Å²) in [6, 6.07) is 0. The average molecular weight is 423 g/mol. The zero-order chi connectivity index (χ0) is 0. The van der Waals surface area contributed by atoms with Gasteiger partial charge in [-0.25, -0.2) is 0 Å². The second-order valence-corrected chi connectivity index (χ2v) is 0. The van der Waals surface area contributed by atoms with Crippen LogP contribution in [0.5, 0.6) is 0 Å². The third-order valence-corrected chi connectivity index (χ3v) is 0. The van der Waals surface area contributed by atoms with Gasteiger partial charge in [-0.3, -0.25) is 0 Å². The minimum absolute atomic E-state index is 0. The zero-order valence-electron chi connectivity index (χ0n) is 2.75. The van der Waals surface area contributed by atoms with Crippen LogP contribution in [-0.2, 0) is 76.7 Å². The van der Waals surface area contributed by atoms with Gasteiger partial charge in [-0.1, -0.05) is 7.43 Å². The smallest absolute Gasteiger partial charge is 0 e. The normalized spacial score (nSPS) is 0. The quantitative estimate of drug-likeness (QED) is 0.548. The van der Waals surface area contributed by atoms with E-state index in [9.17, 15) is 0 Å². The number of hydrogen-bond donors (Lipinski definition) is 0. The molecular weight excluding hydrogens is 413 g/mol. The van der Waals surface area contributed by atoms with Crippen molar-refractivity contribution in [3.05, 3.63) is 0 Å². The molecule has 0 saturated carbocycles. The second kappa shape index (κ2) is 61.4. The Hall–Kier alpha value is 3.14. The van der Waals surface area contributed by atoms with E-state index in [0.29, 0.717) is 0 Å². The van der Waals surface area contributed by atoms with E-state index in [0.717, 1.165) is 0 Å². The van der Waals surface area contributed by atoms with Crippen LogP contribution in [0.3, 0.4) is 0 Å². The van der Waals surface area contributed by atoms with Crippen LogP contribution >= 0.6 is 27.0 Å². The Morgan fingerprint density at radius 1 is 0.714 bits per heavy atom. The van der Waals surface area contributed by atoms with E-state index < -0.39 is 0 Å². The Balaban J connectivity index is 0. The Labute approximate surface area is 111 Å². The first-order chi connectivity index (χ1) is 0. The van der Waals surface area contributed by atoms with Crippen molar-refractivity contribution in [3.8, 4) is 0 Å². The molecule has 0 aromatic rings. The molecular formula is CH10S2V3W. The van der Waals surface area contributed by atoms with Gasteiger partial charge in [0.15, 0.2) is 0 Å². The van der Waals surface area contributed by atoms with E-state index in [1.54, 1.807) is 0 Å². The summed E-state index contributed by atoms with van der Waals surface area (Å²) in [7, 11) is 0. The van der Waals surface area contributed by atoms with Crippen LogP contribution < -0.4 is 0 Å². The molecule has 0 spiro atoms. The fourth-order valence-corrected chi connectivity index (χ4v) is 0. The third-order valence-electron chi connectivity index (χ3n) is 0. The van der Waals surface area contributed by atoms with E-state index >= 15 is 0 Å². The predicted molar refractivity (Wildman–Crippen MR) is 29.6 cm³/mol. The number of rotatable bonds is 0. The molecule has 0 N–H and O–H groups in total. The van der Waals surface area contributed by atoms with Gasteiger partial charge in [-0.05, 0) is 0 Å². The molecule has 0 fully saturated rings. The van der Waals surface area contributed by atoms with Crippen molar-refractivity contribution in [2.75, 3.05) is 0 Å². The molecule has 0 rings (SSSR count). The molecule has 0 atom stereocenters. The monoisotopic (exact) mass is 423 g/mol. The average Bonchev–Trinajstić information content (AvgIpc) is 0.